The molecule has 0 heterocycles. The van der Waals surface area contributed by atoms with E-state index in [2.05, 4.69) is 5.32 Å². The van der Waals surface area contributed by atoms with Crippen LogP contribution in [0.5, 0.6) is 0 Å². The normalized spacial score (nSPS) is 10.1. The largest absolute Gasteiger partial charge is 0.399 e. The van der Waals surface area contributed by atoms with E-state index in [4.69, 9.17) is 17.3 Å². The Morgan fingerprint density at radius 1 is 1.06 bits per heavy atom. The average Bonchev–Trinajstić information content (AvgIpc) is 2.27. The second kappa shape index (κ2) is 4.45. The second-order valence-corrected chi connectivity index (χ2v) is 4.14. The highest BCUT2D eigenvalue weighted by Gasteiger charge is 1.99. The van der Waals surface area contributed by atoms with Gasteiger partial charge < -0.3 is 11.1 Å². The molecule has 2 nitrogen and oxygen atoms in total. The van der Waals surface area contributed by atoms with Gasteiger partial charge in [-0.15, -0.1) is 0 Å². The van der Waals surface area contributed by atoms with Crippen LogP contribution in [0, 0.1) is 6.92 Å². The summed E-state index contributed by atoms with van der Waals surface area (Å²) in [4.78, 5) is 0. The summed E-state index contributed by atoms with van der Waals surface area (Å²) in [5.41, 5.74) is 9.67. The zero-order valence-electron chi connectivity index (χ0n) is 9.00. The quantitative estimate of drug-likeness (QED) is 0.769. The lowest BCUT2D eigenvalue weighted by Crippen LogP contribution is -1.94. The van der Waals surface area contributed by atoms with Gasteiger partial charge in [0.05, 0.1) is 0 Å². The molecule has 2 aromatic carbocycles. The molecule has 0 radical (unpaired) electrons. The molecule has 82 valence electrons. The molecule has 16 heavy (non-hydrogen) atoms. The zero-order chi connectivity index (χ0) is 11.5. The van der Waals surface area contributed by atoms with E-state index < -0.39 is 0 Å². The number of anilines is 3. The van der Waals surface area contributed by atoms with E-state index in [1.165, 1.54) is 0 Å². The predicted octanol–water partition coefficient (Wildman–Crippen LogP) is 3.97. The van der Waals surface area contributed by atoms with Crippen LogP contribution in [0.15, 0.2) is 42.5 Å². The Kier molecular flexibility index (Phi) is 3.02. The summed E-state index contributed by atoms with van der Waals surface area (Å²) in [7, 11) is 0. The molecule has 3 heteroatoms. The highest BCUT2D eigenvalue weighted by atomic mass is 35.5. The van der Waals surface area contributed by atoms with Gasteiger partial charge in [-0.3, -0.25) is 0 Å². The standard InChI is InChI=1S/C13H13ClN2/c1-9-2-5-11(15)8-13(9)16-12-6-3-10(14)4-7-12/h2-8,16H,15H2,1H3. The lowest BCUT2D eigenvalue weighted by Gasteiger charge is -2.10. The third-order valence-electron chi connectivity index (χ3n) is 2.38. The van der Waals surface area contributed by atoms with E-state index >= 15 is 0 Å². The van der Waals surface area contributed by atoms with Crippen LogP contribution in [0.2, 0.25) is 5.02 Å². The predicted molar refractivity (Wildman–Crippen MR) is 70.3 cm³/mol. The third kappa shape index (κ3) is 2.47. The lowest BCUT2D eigenvalue weighted by atomic mass is 10.1. The molecule has 2 rings (SSSR count). The van der Waals surface area contributed by atoms with Crippen molar-refractivity contribution < 1.29 is 0 Å². The van der Waals surface area contributed by atoms with Gasteiger partial charge in [0.1, 0.15) is 0 Å². The van der Waals surface area contributed by atoms with Crippen molar-refractivity contribution in [2.45, 2.75) is 6.92 Å². The molecule has 0 unspecified atom stereocenters. The number of aryl methyl sites for hydroxylation is 1. The molecule has 0 saturated carbocycles. The van der Waals surface area contributed by atoms with Crippen molar-refractivity contribution in [3.63, 3.8) is 0 Å². The maximum Gasteiger partial charge on any atom is 0.0434 e. The minimum atomic E-state index is 0.731. The summed E-state index contributed by atoms with van der Waals surface area (Å²) in [6.07, 6.45) is 0. The Balaban J connectivity index is 2.26. The molecule has 0 bridgehead atoms. The van der Waals surface area contributed by atoms with Crippen molar-refractivity contribution in [2.75, 3.05) is 11.1 Å². The van der Waals surface area contributed by atoms with Gasteiger partial charge in [0, 0.05) is 22.1 Å². The molecule has 3 N–H and O–H groups in total. The molecule has 0 aliphatic rings. The minimum absolute atomic E-state index is 0.731. The summed E-state index contributed by atoms with van der Waals surface area (Å²) >= 11 is 5.82. The van der Waals surface area contributed by atoms with E-state index in [0.29, 0.717) is 0 Å². The maximum atomic E-state index is 5.82. The lowest BCUT2D eigenvalue weighted by molar-refractivity contribution is 1.43. The number of rotatable bonds is 2. The highest BCUT2D eigenvalue weighted by Crippen LogP contribution is 2.23. The van der Waals surface area contributed by atoms with E-state index in [0.717, 1.165) is 27.6 Å². The van der Waals surface area contributed by atoms with Gasteiger partial charge >= 0.3 is 0 Å². The number of nitrogen functional groups attached to an aromatic ring is 1. The number of nitrogens with two attached hydrogens (primary N) is 1. The summed E-state index contributed by atoms with van der Waals surface area (Å²) in [5, 5.41) is 4.03. The van der Waals surface area contributed by atoms with Crippen LogP contribution in [0.3, 0.4) is 0 Å². The van der Waals surface area contributed by atoms with Gasteiger partial charge in [-0.2, -0.15) is 0 Å². The monoisotopic (exact) mass is 232 g/mol. The topological polar surface area (TPSA) is 38.0 Å². The number of hydrogen-bond acceptors (Lipinski definition) is 2. The number of halogens is 1. The first-order chi connectivity index (χ1) is 7.65. The SMILES string of the molecule is Cc1ccc(N)cc1Nc1ccc(Cl)cc1. The number of hydrogen-bond donors (Lipinski definition) is 2. The van der Waals surface area contributed by atoms with Crippen LogP contribution in [-0.2, 0) is 0 Å². The summed E-state index contributed by atoms with van der Waals surface area (Å²) in [5.74, 6) is 0. The molecule has 0 saturated heterocycles. The van der Waals surface area contributed by atoms with Crippen LogP contribution in [0.1, 0.15) is 5.56 Å². The summed E-state index contributed by atoms with van der Waals surface area (Å²) in [6.45, 7) is 2.04. The first kappa shape index (κ1) is 10.8. The number of nitrogens with one attached hydrogen (secondary N) is 1. The Morgan fingerprint density at radius 3 is 2.44 bits per heavy atom. The van der Waals surface area contributed by atoms with Crippen LogP contribution < -0.4 is 11.1 Å². The van der Waals surface area contributed by atoms with Gasteiger partial charge in [-0.1, -0.05) is 17.7 Å². The van der Waals surface area contributed by atoms with Gasteiger partial charge in [0.25, 0.3) is 0 Å². The van der Waals surface area contributed by atoms with Gasteiger partial charge in [-0.25, -0.2) is 0 Å². The van der Waals surface area contributed by atoms with Crippen LogP contribution in [0.25, 0.3) is 0 Å². The Morgan fingerprint density at radius 2 is 1.75 bits per heavy atom. The van der Waals surface area contributed by atoms with E-state index in [1.807, 2.05) is 49.4 Å². The molecule has 2 aromatic rings. The highest BCUT2D eigenvalue weighted by molar-refractivity contribution is 6.30. The van der Waals surface area contributed by atoms with Crippen molar-refractivity contribution in [3.8, 4) is 0 Å². The molecule has 0 fully saturated rings. The van der Waals surface area contributed by atoms with Gasteiger partial charge in [0.15, 0.2) is 0 Å². The zero-order valence-corrected chi connectivity index (χ0v) is 9.75. The molecule has 0 atom stereocenters. The molecular weight excluding hydrogens is 220 g/mol. The maximum absolute atomic E-state index is 5.82. The average molecular weight is 233 g/mol. The van der Waals surface area contributed by atoms with Crippen LogP contribution >= 0.6 is 11.6 Å². The van der Waals surface area contributed by atoms with Crippen molar-refractivity contribution in [2.24, 2.45) is 0 Å². The first-order valence-electron chi connectivity index (χ1n) is 5.04. The van der Waals surface area contributed by atoms with Crippen LogP contribution in [-0.4, -0.2) is 0 Å². The fraction of sp³-hybridized carbons (Fsp3) is 0.0769. The summed E-state index contributed by atoms with van der Waals surface area (Å²) in [6, 6.07) is 13.4. The fourth-order valence-corrected chi connectivity index (χ4v) is 1.59. The molecule has 0 amide bonds. The Hall–Kier alpha value is -1.67. The van der Waals surface area contributed by atoms with E-state index in [1.54, 1.807) is 0 Å². The van der Waals surface area contributed by atoms with Crippen molar-refractivity contribution >= 4 is 28.7 Å². The molecule has 0 aliphatic heterocycles. The van der Waals surface area contributed by atoms with Crippen LogP contribution in [0.4, 0.5) is 17.1 Å². The Labute approximate surface area is 100 Å². The second-order valence-electron chi connectivity index (χ2n) is 3.71. The number of benzene rings is 2. The van der Waals surface area contributed by atoms with Gasteiger partial charge in [0.2, 0.25) is 0 Å². The molecular formula is C13H13ClN2. The first-order valence-corrected chi connectivity index (χ1v) is 5.42. The fourth-order valence-electron chi connectivity index (χ4n) is 1.46. The van der Waals surface area contributed by atoms with E-state index in [9.17, 15) is 0 Å². The minimum Gasteiger partial charge on any atom is -0.399 e. The van der Waals surface area contributed by atoms with Crippen molar-refractivity contribution in [1.82, 2.24) is 0 Å². The molecule has 0 spiro atoms. The molecule has 0 aromatic heterocycles. The van der Waals surface area contributed by atoms with E-state index in [-0.39, 0.29) is 0 Å². The summed E-state index contributed by atoms with van der Waals surface area (Å²) < 4.78 is 0. The van der Waals surface area contributed by atoms with Crippen molar-refractivity contribution in [1.29, 1.82) is 0 Å². The smallest absolute Gasteiger partial charge is 0.0434 e. The Bertz CT molecular complexity index is 492. The third-order valence-corrected chi connectivity index (χ3v) is 2.64. The molecule has 0 aliphatic carbocycles. The van der Waals surface area contributed by atoms with Crippen molar-refractivity contribution in [3.05, 3.63) is 53.1 Å². The van der Waals surface area contributed by atoms with Gasteiger partial charge in [-0.05, 0) is 48.9 Å².